The zero-order valence-corrected chi connectivity index (χ0v) is 13.1. The van der Waals surface area contributed by atoms with Crippen molar-refractivity contribution in [1.82, 2.24) is 5.32 Å². The Labute approximate surface area is 130 Å². The van der Waals surface area contributed by atoms with Crippen LogP contribution in [-0.4, -0.2) is 6.54 Å². The van der Waals surface area contributed by atoms with Crippen molar-refractivity contribution < 1.29 is 0 Å². The van der Waals surface area contributed by atoms with Crippen molar-refractivity contribution in [3.63, 3.8) is 0 Å². The van der Waals surface area contributed by atoms with Gasteiger partial charge in [0.25, 0.3) is 0 Å². The highest BCUT2D eigenvalue weighted by atomic mass is 35.5. The summed E-state index contributed by atoms with van der Waals surface area (Å²) < 4.78 is 0. The largest absolute Gasteiger partial charge is 0.310 e. The van der Waals surface area contributed by atoms with E-state index in [4.69, 9.17) is 23.2 Å². The fraction of sp³-hybridized carbons (Fsp3) is 0.294. The van der Waals surface area contributed by atoms with Gasteiger partial charge in [0.2, 0.25) is 0 Å². The molecule has 1 unspecified atom stereocenters. The zero-order valence-electron chi connectivity index (χ0n) is 11.6. The van der Waals surface area contributed by atoms with Crippen LogP contribution in [0, 0.1) is 0 Å². The normalized spacial score (nSPS) is 12.3. The van der Waals surface area contributed by atoms with Gasteiger partial charge in [-0.3, -0.25) is 0 Å². The maximum Gasteiger partial charge on any atom is 0.0406 e. The molecule has 106 valence electrons. The molecule has 0 aliphatic rings. The Kier molecular flexibility index (Phi) is 5.90. The lowest BCUT2D eigenvalue weighted by Gasteiger charge is -2.17. The van der Waals surface area contributed by atoms with Crippen LogP contribution in [0.1, 0.15) is 30.5 Å². The van der Waals surface area contributed by atoms with Crippen molar-refractivity contribution in [3.05, 3.63) is 69.7 Å². The summed E-state index contributed by atoms with van der Waals surface area (Å²) in [5.41, 5.74) is 2.58. The maximum absolute atomic E-state index is 5.93. The molecule has 2 aromatic carbocycles. The first kappa shape index (κ1) is 15.4. The van der Waals surface area contributed by atoms with E-state index in [1.807, 2.05) is 24.3 Å². The highest BCUT2D eigenvalue weighted by Crippen LogP contribution is 2.19. The highest BCUT2D eigenvalue weighted by Gasteiger charge is 2.08. The van der Waals surface area contributed by atoms with E-state index in [0.717, 1.165) is 29.4 Å². The fourth-order valence-electron chi connectivity index (χ4n) is 2.23. The minimum atomic E-state index is 0.375. The topological polar surface area (TPSA) is 12.0 Å². The van der Waals surface area contributed by atoms with Gasteiger partial charge in [0.1, 0.15) is 0 Å². The van der Waals surface area contributed by atoms with E-state index < -0.39 is 0 Å². The number of halogens is 2. The van der Waals surface area contributed by atoms with Crippen molar-refractivity contribution in [3.8, 4) is 0 Å². The average molecular weight is 308 g/mol. The van der Waals surface area contributed by atoms with Crippen LogP contribution < -0.4 is 5.32 Å². The Morgan fingerprint density at radius 3 is 2.00 bits per heavy atom. The second kappa shape index (κ2) is 7.68. The summed E-state index contributed by atoms with van der Waals surface area (Å²) in [6.07, 6.45) is 2.06. The molecule has 0 saturated carbocycles. The second-order valence-electron chi connectivity index (χ2n) is 4.84. The first-order valence-corrected chi connectivity index (χ1v) is 7.68. The lowest BCUT2D eigenvalue weighted by molar-refractivity contribution is 0.522. The van der Waals surface area contributed by atoms with Crippen molar-refractivity contribution in [2.24, 2.45) is 0 Å². The average Bonchev–Trinajstić information content (AvgIpc) is 2.47. The Morgan fingerprint density at radius 2 is 1.45 bits per heavy atom. The molecule has 0 bridgehead atoms. The van der Waals surface area contributed by atoms with E-state index in [9.17, 15) is 0 Å². The molecule has 20 heavy (non-hydrogen) atoms. The van der Waals surface area contributed by atoms with Gasteiger partial charge in [0.15, 0.2) is 0 Å². The van der Waals surface area contributed by atoms with Gasteiger partial charge in [0, 0.05) is 16.1 Å². The van der Waals surface area contributed by atoms with E-state index in [1.165, 1.54) is 11.1 Å². The number of benzene rings is 2. The molecule has 3 heteroatoms. The van der Waals surface area contributed by atoms with Crippen LogP contribution in [0.3, 0.4) is 0 Å². The molecule has 0 radical (unpaired) electrons. The third-order valence-electron chi connectivity index (χ3n) is 3.40. The van der Waals surface area contributed by atoms with Crippen LogP contribution in [0.25, 0.3) is 0 Å². The third-order valence-corrected chi connectivity index (χ3v) is 3.90. The third kappa shape index (κ3) is 4.52. The van der Waals surface area contributed by atoms with Crippen LogP contribution >= 0.6 is 23.2 Å². The van der Waals surface area contributed by atoms with E-state index in [2.05, 4.69) is 36.5 Å². The Morgan fingerprint density at radius 1 is 0.900 bits per heavy atom. The summed E-state index contributed by atoms with van der Waals surface area (Å²) in [6.45, 7) is 3.14. The molecule has 1 N–H and O–H groups in total. The molecule has 1 atom stereocenters. The first-order chi connectivity index (χ1) is 9.69. The van der Waals surface area contributed by atoms with Crippen LogP contribution in [0.5, 0.6) is 0 Å². The van der Waals surface area contributed by atoms with Gasteiger partial charge in [-0.15, -0.1) is 0 Å². The Bertz CT molecular complexity index is 520. The minimum Gasteiger partial charge on any atom is -0.310 e. The smallest absolute Gasteiger partial charge is 0.0406 e. The monoisotopic (exact) mass is 307 g/mol. The van der Waals surface area contributed by atoms with Crippen LogP contribution in [0.2, 0.25) is 10.0 Å². The highest BCUT2D eigenvalue weighted by molar-refractivity contribution is 6.30. The number of rotatable bonds is 6. The molecule has 0 heterocycles. The van der Waals surface area contributed by atoms with Gasteiger partial charge < -0.3 is 5.32 Å². The van der Waals surface area contributed by atoms with E-state index in [-0.39, 0.29) is 0 Å². The summed E-state index contributed by atoms with van der Waals surface area (Å²) in [7, 11) is 0. The van der Waals surface area contributed by atoms with Gasteiger partial charge in [-0.1, -0.05) is 54.4 Å². The molecule has 0 saturated heterocycles. The van der Waals surface area contributed by atoms with E-state index >= 15 is 0 Å². The minimum absolute atomic E-state index is 0.375. The van der Waals surface area contributed by atoms with Gasteiger partial charge in [0.05, 0.1) is 0 Å². The lowest BCUT2D eigenvalue weighted by Crippen LogP contribution is -2.23. The molecule has 0 fully saturated rings. The molecule has 0 amide bonds. The van der Waals surface area contributed by atoms with Gasteiger partial charge in [-0.05, 0) is 54.8 Å². The first-order valence-electron chi connectivity index (χ1n) is 6.92. The van der Waals surface area contributed by atoms with Gasteiger partial charge >= 0.3 is 0 Å². The van der Waals surface area contributed by atoms with Crippen molar-refractivity contribution in [2.45, 2.75) is 25.8 Å². The molecule has 2 aromatic rings. The summed E-state index contributed by atoms with van der Waals surface area (Å²) in [4.78, 5) is 0. The molecule has 0 spiro atoms. The zero-order chi connectivity index (χ0) is 14.4. The SMILES string of the molecule is CCC(NCCc1ccc(Cl)cc1)c1ccc(Cl)cc1. The summed E-state index contributed by atoms with van der Waals surface area (Å²) in [5.74, 6) is 0. The molecule has 0 aliphatic heterocycles. The Hall–Kier alpha value is -1.02. The molecule has 1 nitrogen and oxygen atoms in total. The maximum atomic E-state index is 5.93. The predicted molar refractivity (Wildman–Crippen MR) is 87.6 cm³/mol. The molecule has 0 aliphatic carbocycles. The summed E-state index contributed by atoms with van der Waals surface area (Å²) in [5, 5.41) is 5.16. The number of nitrogens with one attached hydrogen (secondary N) is 1. The quantitative estimate of drug-likeness (QED) is 0.766. The van der Waals surface area contributed by atoms with E-state index in [1.54, 1.807) is 0 Å². The van der Waals surface area contributed by atoms with Crippen molar-refractivity contribution >= 4 is 23.2 Å². The standard InChI is InChI=1S/C17H19Cl2N/c1-2-17(14-5-9-16(19)10-6-14)20-12-11-13-3-7-15(18)8-4-13/h3-10,17,20H,2,11-12H2,1H3. The Balaban J connectivity index is 1.87. The molecular weight excluding hydrogens is 289 g/mol. The second-order valence-corrected chi connectivity index (χ2v) is 5.72. The van der Waals surface area contributed by atoms with Gasteiger partial charge in [-0.2, -0.15) is 0 Å². The molecule has 2 rings (SSSR count). The van der Waals surface area contributed by atoms with Crippen LogP contribution in [0.15, 0.2) is 48.5 Å². The predicted octanol–water partition coefficient (Wildman–Crippen LogP) is 5.28. The fourth-order valence-corrected chi connectivity index (χ4v) is 2.49. The van der Waals surface area contributed by atoms with Crippen LogP contribution in [-0.2, 0) is 6.42 Å². The molecular formula is C17H19Cl2N. The summed E-state index contributed by atoms with van der Waals surface area (Å²) >= 11 is 11.8. The van der Waals surface area contributed by atoms with E-state index in [0.29, 0.717) is 6.04 Å². The number of hydrogen-bond acceptors (Lipinski definition) is 1. The number of hydrogen-bond donors (Lipinski definition) is 1. The molecule has 0 aromatic heterocycles. The summed E-state index contributed by atoms with van der Waals surface area (Å²) in [6, 6.07) is 16.5. The van der Waals surface area contributed by atoms with Gasteiger partial charge in [-0.25, -0.2) is 0 Å². The van der Waals surface area contributed by atoms with Crippen LogP contribution in [0.4, 0.5) is 0 Å². The van der Waals surface area contributed by atoms with Crippen molar-refractivity contribution in [2.75, 3.05) is 6.54 Å². The lowest BCUT2D eigenvalue weighted by atomic mass is 10.0. The van der Waals surface area contributed by atoms with Crippen molar-refractivity contribution in [1.29, 1.82) is 0 Å².